The van der Waals surface area contributed by atoms with Crippen LogP contribution in [0, 0.1) is 6.92 Å². The lowest BCUT2D eigenvalue weighted by Crippen LogP contribution is -2.07. The molecule has 0 fully saturated rings. The molecule has 4 nitrogen and oxygen atoms in total. The standard InChI is InChI=1S/C13H12ClNO3S/c1-10-2-6-13(7-3-10)19(16,17)18-9-12-5-4-11(14)8-15-12/h2-8H,9H2,1H3. The van der Waals surface area contributed by atoms with Gasteiger partial charge in [-0.1, -0.05) is 29.3 Å². The molecule has 0 amide bonds. The van der Waals surface area contributed by atoms with Crippen molar-refractivity contribution in [3.63, 3.8) is 0 Å². The number of hydrogen-bond acceptors (Lipinski definition) is 4. The summed E-state index contributed by atoms with van der Waals surface area (Å²) < 4.78 is 28.8. The number of rotatable bonds is 4. The van der Waals surface area contributed by atoms with E-state index in [4.69, 9.17) is 15.8 Å². The molecule has 1 aromatic carbocycles. The maximum atomic E-state index is 11.9. The molecule has 6 heteroatoms. The molecule has 0 aliphatic heterocycles. The third-order valence-corrected chi connectivity index (χ3v) is 3.96. The predicted molar refractivity (Wildman–Crippen MR) is 72.4 cm³/mol. The molecule has 19 heavy (non-hydrogen) atoms. The fraction of sp³-hybridized carbons (Fsp3) is 0.154. The van der Waals surface area contributed by atoms with Gasteiger partial charge in [-0.05, 0) is 31.2 Å². The van der Waals surface area contributed by atoms with E-state index in [0.29, 0.717) is 10.7 Å². The van der Waals surface area contributed by atoms with E-state index in [-0.39, 0.29) is 11.5 Å². The van der Waals surface area contributed by atoms with Crippen molar-refractivity contribution in [2.45, 2.75) is 18.4 Å². The topological polar surface area (TPSA) is 56.3 Å². The molecule has 0 N–H and O–H groups in total. The SMILES string of the molecule is Cc1ccc(S(=O)(=O)OCc2ccc(Cl)cn2)cc1. The van der Waals surface area contributed by atoms with E-state index < -0.39 is 10.1 Å². The molecule has 0 spiro atoms. The second-order valence-corrected chi connectivity index (χ2v) is 6.05. The summed E-state index contributed by atoms with van der Waals surface area (Å²) in [4.78, 5) is 4.10. The van der Waals surface area contributed by atoms with E-state index in [1.165, 1.54) is 18.3 Å². The highest BCUT2D eigenvalue weighted by Crippen LogP contribution is 2.15. The zero-order valence-electron chi connectivity index (χ0n) is 10.2. The van der Waals surface area contributed by atoms with Crippen LogP contribution in [0.1, 0.15) is 11.3 Å². The van der Waals surface area contributed by atoms with E-state index in [1.54, 1.807) is 24.3 Å². The van der Waals surface area contributed by atoms with Crippen LogP contribution in [0.3, 0.4) is 0 Å². The molecule has 100 valence electrons. The lowest BCUT2D eigenvalue weighted by Gasteiger charge is -2.05. The maximum Gasteiger partial charge on any atom is 0.297 e. The number of benzene rings is 1. The van der Waals surface area contributed by atoms with Crippen LogP contribution >= 0.6 is 11.6 Å². The summed E-state index contributed by atoms with van der Waals surface area (Å²) in [5.74, 6) is 0. The average Bonchev–Trinajstić information content (AvgIpc) is 2.39. The molecule has 2 rings (SSSR count). The quantitative estimate of drug-likeness (QED) is 0.814. The monoisotopic (exact) mass is 297 g/mol. The Hall–Kier alpha value is -1.43. The molecule has 1 aromatic heterocycles. The van der Waals surface area contributed by atoms with E-state index in [9.17, 15) is 8.42 Å². The zero-order valence-corrected chi connectivity index (χ0v) is 11.8. The van der Waals surface area contributed by atoms with Crippen LogP contribution in [0.5, 0.6) is 0 Å². The van der Waals surface area contributed by atoms with Crippen LogP contribution in [0.4, 0.5) is 0 Å². The summed E-state index contributed by atoms with van der Waals surface area (Å²) >= 11 is 5.69. The Kier molecular flexibility index (Phi) is 4.19. The van der Waals surface area contributed by atoms with Crippen LogP contribution in [-0.2, 0) is 20.9 Å². The third-order valence-electron chi connectivity index (χ3n) is 2.46. The Morgan fingerprint density at radius 2 is 1.84 bits per heavy atom. The predicted octanol–water partition coefficient (Wildman–Crippen LogP) is 2.95. The molecular formula is C13H12ClNO3S. The van der Waals surface area contributed by atoms with E-state index in [2.05, 4.69) is 4.98 Å². The normalized spacial score (nSPS) is 11.5. The highest BCUT2D eigenvalue weighted by molar-refractivity contribution is 7.86. The molecule has 0 unspecified atom stereocenters. The lowest BCUT2D eigenvalue weighted by molar-refractivity contribution is 0.303. The fourth-order valence-electron chi connectivity index (χ4n) is 1.40. The van der Waals surface area contributed by atoms with E-state index >= 15 is 0 Å². The van der Waals surface area contributed by atoms with Crippen molar-refractivity contribution >= 4 is 21.7 Å². The van der Waals surface area contributed by atoms with Gasteiger partial charge in [-0.25, -0.2) is 0 Å². The average molecular weight is 298 g/mol. The molecule has 1 heterocycles. The van der Waals surface area contributed by atoms with Crippen molar-refractivity contribution < 1.29 is 12.6 Å². The Morgan fingerprint density at radius 3 is 2.42 bits per heavy atom. The first-order valence-electron chi connectivity index (χ1n) is 5.54. The van der Waals surface area contributed by atoms with Crippen LogP contribution in [-0.4, -0.2) is 13.4 Å². The minimum absolute atomic E-state index is 0.118. The van der Waals surface area contributed by atoms with Gasteiger partial charge in [-0.2, -0.15) is 8.42 Å². The van der Waals surface area contributed by atoms with Crippen LogP contribution in [0.2, 0.25) is 5.02 Å². The second kappa shape index (κ2) is 5.69. The van der Waals surface area contributed by atoms with Crippen molar-refractivity contribution in [3.05, 3.63) is 58.9 Å². The van der Waals surface area contributed by atoms with Crippen molar-refractivity contribution in [2.75, 3.05) is 0 Å². The summed E-state index contributed by atoms with van der Waals surface area (Å²) in [6.45, 7) is 1.77. The number of halogens is 1. The number of hydrogen-bond donors (Lipinski definition) is 0. The lowest BCUT2D eigenvalue weighted by atomic mass is 10.2. The number of nitrogens with zero attached hydrogens (tertiary/aromatic N) is 1. The summed E-state index contributed by atoms with van der Waals surface area (Å²) in [5.41, 5.74) is 1.48. The van der Waals surface area contributed by atoms with Crippen LogP contribution in [0.15, 0.2) is 47.5 Å². The van der Waals surface area contributed by atoms with Crippen molar-refractivity contribution in [3.8, 4) is 0 Å². The maximum absolute atomic E-state index is 11.9. The molecule has 2 aromatic rings. The summed E-state index contributed by atoms with van der Waals surface area (Å²) in [6, 6.07) is 9.71. The van der Waals surface area contributed by atoms with Gasteiger partial charge in [0.05, 0.1) is 15.6 Å². The smallest absolute Gasteiger partial charge is 0.260 e. The minimum atomic E-state index is -3.76. The molecule has 0 saturated carbocycles. The third kappa shape index (κ3) is 3.76. The van der Waals surface area contributed by atoms with Gasteiger partial charge in [0.1, 0.15) is 6.61 Å². The Morgan fingerprint density at radius 1 is 1.16 bits per heavy atom. The van der Waals surface area contributed by atoms with Crippen molar-refractivity contribution in [2.24, 2.45) is 0 Å². The summed E-state index contributed by atoms with van der Waals surface area (Å²) in [7, 11) is -3.76. The van der Waals surface area contributed by atoms with Gasteiger partial charge < -0.3 is 0 Å². The first-order chi connectivity index (χ1) is 8.97. The largest absolute Gasteiger partial charge is 0.297 e. The molecule has 0 atom stereocenters. The molecule has 0 aliphatic rings. The molecular weight excluding hydrogens is 286 g/mol. The van der Waals surface area contributed by atoms with E-state index in [1.807, 2.05) is 6.92 Å². The van der Waals surface area contributed by atoms with Gasteiger partial charge in [-0.15, -0.1) is 0 Å². The molecule has 0 saturated heterocycles. The summed E-state index contributed by atoms with van der Waals surface area (Å²) in [6.07, 6.45) is 1.44. The second-order valence-electron chi connectivity index (χ2n) is 4.00. The van der Waals surface area contributed by atoms with Gasteiger partial charge in [-0.3, -0.25) is 9.17 Å². The van der Waals surface area contributed by atoms with Crippen molar-refractivity contribution in [1.82, 2.24) is 4.98 Å². The Bertz CT molecular complexity index is 651. The van der Waals surface area contributed by atoms with Crippen LogP contribution in [0.25, 0.3) is 0 Å². The highest BCUT2D eigenvalue weighted by Gasteiger charge is 2.15. The van der Waals surface area contributed by atoms with Gasteiger partial charge in [0.25, 0.3) is 10.1 Å². The molecule has 0 radical (unpaired) electrons. The Balaban J connectivity index is 2.09. The minimum Gasteiger partial charge on any atom is -0.260 e. The Labute approximate surface area is 117 Å². The van der Waals surface area contributed by atoms with Crippen LogP contribution < -0.4 is 0 Å². The molecule has 0 bridgehead atoms. The van der Waals surface area contributed by atoms with Gasteiger partial charge in [0, 0.05) is 6.20 Å². The fourth-order valence-corrected chi connectivity index (χ4v) is 2.40. The summed E-state index contributed by atoms with van der Waals surface area (Å²) in [5, 5.41) is 0.491. The van der Waals surface area contributed by atoms with Gasteiger partial charge in [0.2, 0.25) is 0 Å². The molecule has 0 aliphatic carbocycles. The first-order valence-corrected chi connectivity index (χ1v) is 7.32. The number of aromatic nitrogens is 1. The number of aryl methyl sites for hydroxylation is 1. The zero-order chi connectivity index (χ0) is 13.9. The number of pyridine rings is 1. The van der Waals surface area contributed by atoms with E-state index in [0.717, 1.165) is 5.56 Å². The highest BCUT2D eigenvalue weighted by atomic mass is 35.5. The van der Waals surface area contributed by atoms with Gasteiger partial charge in [0.15, 0.2) is 0 Å². The van der Waals surface area contributed by atoms with Crippen molar-refractivity contribution in [1.29, 1.82) is 0 Å². The van der Waals surface area contributed by atoms with Gasteiger partial charge >= 0.3 is 0 Å². The first kappa shape index (κ1) is 14.0.